The maximum atomic E-state index is 12.8. The average molecular weight is 272 g/mol. The Hall–Kier alpha value is -2.86. The van der Waals surface area contributed by atoms with E-state index in [1.807, 2.05) is 48.5 Å². The van der Waals surface area contributed by atoms with Crippen molar-refractivity contribution in [2.24, 2.45) is 0 Å². The highest BCUT2D eigenvalue weighted by Gasteiger charge is 2.39. The lowest BCUT2D eigenvalue weighted by molar-refractivity contribution is 0.0883. The van der Waals surface area contributed by atoms with Crippen LogP contribution in [0.5, 0.6) is 0 Å². The molecule has 4 rings (SSSR count). The van der Waals surface area contributed by atoms with Crippen molar-refractivity contribution in [2.45, 2.75) is 6.04 Å². The fourth-order valence-electron chi connectivity index (χ4n) is 2.86. The van der Waals surface area contributed by atoms with Gasteiger partial charge in [0.15, 0.2) is 0 Å². The minimum Gasteiger partial charge on any atom is -0.318 e. The molecule has 1 saturated heterocycles. The molecule has 1 fully saturated rings. The molecule has 3 nitrogen and oxygen atoms in total. The molecule has 1 heterocycles. The van der Waals surface area contributed by atoms with Gasteiger partial charge in [0.25, 0.3) is 5.91 Å². The van der Waals surface area contributed by atoms with E-state index in [0.717, 1.165) is 21.5 Å². The summed E-state index contributed by atoms with van der Waals surface area (Å²) >= 11 is 0. The fourth-order valence-corrected chi connectivity index (χ4v) is 2.86. The highest BCUT2D eigenvalue weighted by atomic mass is 16.2. The van der Waals surface area contributed by atoms with Crippen LogP contribution in [0.25, 0.3) is 21.5 Å². The van der Waals surface area contributed by atoms with Crippen LogP contribution in [0, 0.1) is 11.3 Å². The van der Waals surface area contributed by atoms with Crippen LogP contribution in [0.3, 0.4) is 0 Å². The third kappa shape index (κ3) is 1.77. The minimum absolute atomic E-state index is 0.0467. The highest BCUT2D eigenvalue weighted by Crippen LogP contribution is 2.32. The Kier molecular flexibility index (Phi) is 2.45. The standard InChI is InChI=1S/C18H12N2O/c19-10-14-11-20(14)18(21)17-15-7-3-1-5-12(15)9-13-6-2-4-8-16(13)17/h1-9,14H,11H2. The molecule has 0 aliphatic carbocycles. The lowest BCUT2D eigenvalue weighted by Gasteiger charge is -2.11. The zero-order chi connectivity index (χ0) is 14.4. The van der Waals surface area contributed by atoms with Crippen LogP contribution in [-0.2, 0) is 0 Å². The SMILES string of the molecule is N#CC1CN1C(=O)c1c2ccccc2cc2ccccc12. The molecule has 21 heavy (non-hydrogen) atoms. The van der Waals surface area contributed by atoms with Gasteiger partial charge in [-0.25, -0.2) is 0 Å². The number of carbonyl (C=O) groups excluding carboxylic acids is 1. The first-order valence-corrected chi connectivity index (χ1v) is 6.90. The number of hydrogen-bond acceptors (Lipinski definition) is 2. The Morgan fingerprint density at radius 1 is 1.05 bits per heavy atom. The Morgan fingerprint density at radius 2 is 1.62 bits per heavy atom. The van der Waals surface area contributed by atoms with E-state index in [1.54, 1.807) is 4.90 Å². The molecule has 3 aromatic rings. The van der Waals surface area contributed by atoms with Crippen molar-refractivity contribution in [2.75, 3.05) is 6.54 Å². The lowest BCUT2D eigenvalue weighted by Crippen LogP contribution is -2.14. The van der Waals surface area contributed by atoms with E-state index >= 15 is 0 Å². The van der Waals surface area contributed by atoms with Crippen molar-refractivity contribution < 1.29 is 4.79 Å². The van der Waals surface area contributed by atoms with E-state index in [4.69, 9.17) is 5.26 Å². The van der Waals surface area contributed by atoms with Crippen molar-refractivity contribution in [3.63, 3.8) is 0 Å². The van der Waals surface area contributed by atoms with Crippen molar-refractivity contribution in [1.29, 1.82) is 5.26 Å². The Morgan fingerprint density at radius 3 is 2.14 bits per heavy atom. The molecule has 1 aliphatic heterocycles. The predicted molar refractivity (Wildman–Crippen MR) is 81.9 cm³/mol. The smallest absolute Gasteiger partial charge is 0.256 e. The summed E-state index contributed by atoms with van der Waals surface area (Å²) in [4.78, 5) is 14.4. The molecule has 100 valence electrons. The number of benzene rings is 3. The van der Waals surface area contributed by atoms with Gasteiger partial charge >= 0.3 is 0 Å². The number of fused-ring (bicyclic) bond motifs is 2. The molecular weight excluding hydrogens is 260 g/mol. The number of amides is 1. The van der Waals surface area contributed by atoms with E-state index < -0.39 is 0 Å². The third-order valence-corrected chi connectivity index (χ3v) is 4.01. The molecule has 0 N–H and O–H groups in total. The molecule has 1 amide bonds. The molecule has 3 heteroatoms. The third-order valence-electron chi connectivity index (χ3n) is 4.01. The van der Waals surface area contributed by atoms with Gasteiger partial charge in [-0.05, 0) is 27.6 Å². The maximum absolute atomic E-state index is 12.8. The first-order chi connectivity index (χ1) is 10.3. The number of rotatable bonds is 1. The summed E-state index contributed by atoms with van der Waals surface area (Å²) in [6.07, 6.45) is 0. The van der Waals surface area contributed by atoms with E-state index in [9.17, 15) is 4.79 Å². The van der Waals surface area contributed by atoms with Gasteiger partial charge in [0, 0.05) is 0 Å². The summed E-state index contributed by atoms with van der Waals surface area (Å²) in [5, 5.41) is 13.0. The lowest BCUT2D eigenvalue weighted by atomic mass is 9.96. The van der Waals surface area contributed by atoms with Gasteiger partial charge in [0.2, 0.25) is 0 Å². The van der Waals surface area contributed by atoms with Crippen molar-refractivity contribution in [3.05, 3.63) is 60.2 Å². The van der Waals surface area contributed by atoms with Crippen molar-refractivity contribution in [1.82, 2.24) is 4.90 Å². The van der Waals surface area contributed by atoms with Gasteiger partial charge in [-0.2, -0.15) is 5.26 Å². The first kappa shape index (κ1) is 11.9. The second kappa shape index (κ2) is 4.32. The largest absolute Gasteiger partial charge is 0.318 e. The van der Waals surface area contributed by atoms with E-state index in [2.05, 4.69) is 12.1 Å². The minimum atomic E-state index is -0.268. The number of hydrogen-bond donors (Lipinski definition) is 0. The quantitative estimate of drug-likeness (QED) is 0.503. The normalized spacial score (nSPS) is 16.9. The zero-order valence-corrected chi connectivity index (χ0v) is 11.3. The van der Waals surface area contributed by atoms with Crippen LogP contribution in [0.4, 0.5) is 0 Å². The van der Waals surface area contributed by atoms with Gasteiger partial charge < -0.3 is 4.90 Å². The molecule has 0 radical (unpaired) electrons. The number of nitriles is 1. The van der Waals surface area contributed by atoms with Crippen LogP contribution in [-0.4, -0.2) is 23.4 Å². The summed E-state index contributed by atoms with van der Waals surface area (Å²) in [6.45, 7) is 0.535. The molecule has 3 aromatic carbocycles. The van der Waals surface area contributed by atoms with Crippen molar-refractivity contribution in [3.8, 4) is 6.07 Å². The fraction of sp³-hybridized carbons (Fsp3) is 0.111. The highest BCUT2D eigenvalue weighted by molar-refractivity contribution is 6.18. The Labute approximate surface area is 122 Å². The summed E-state index contributed by atoms with van der Waals surface area (Å²) in [5.41, 5.74) is 0.710. The Bertz CT molecular complexity index is 869. The van der Waals surface area contributed by atoms with E-state index in [-0.39, 0.29) is 11.9 Å². The molecular formula is C18H12N2O. The number of nitrogens with zero attached hydrogens (tertiary/aromatic N) is 2. The molecule has 1 atom stereocenters. The predicted octanol–water partition coefficient (Wildman–Crippen LogP) is 3.34. The zero-order valence-electron chi connectivity index (χ0n) is 11.3. The van der Waals surface area contributed by atoms with Gasteiger partial charge in [-0.1, -0.05) is 48.5 Å². The second-order valence-electron chi connectivity index (χ2n) is 5.30. The molecule has 0 saturated carbocycles. The van der Waals surface area contributed by atoms with Crippen LogP contribution in [0.2, 0.25) is 0 Å². The molecule has 0 aromatic heterocycles. The summed E-state index contributed by atoms with van der Waals surface area (Å²) in [7, 11) is 0. The molecule has 1 aliphatic rings. The number of carbonyl (C=O) groups is 1. The van der Waals surface area contributed by atoms with Crippen LogP contribution < -0.4 is 0 Å². The summed E-state index contributed by atoms with van der Waals surface area (Å²) in [6, 6.07) is 19.8. The van der Waals surface area contributed by atoms with Crippen LogP contribution in [0.1, 0.15) is 10.4 Å². The maximum Gasteiger partial charge on any atom is 0.256 e. The second-order valence-corrected chi connectivity index (χ2v) is 5.30. The average Bonchev–Trinajstić information content (AvgIpc) is 3.31. The van der Waals surface area contributed by atoms with E-state index in [1.165, 1.54) is 0 Å². The van der Waals surface area contributed by atoms with Gasteiger partial charge in [0.05, 0.1) is 18.2 Å². The first-order valence-electron chi connectivity index (χ1n) is 6.90. The summed E-state index contributed by atoms with van der Waals surface area (Å²) in [5.74, 6) is -0.0467. The molecule has 0 spiro atoms. The molecule has 0 bridgehead atoms. The molecule has 1 unspecified atom stereocenters. The van der Waals surface area contributed by atoms with Crippen LogP contribution in [0.15, 0.2) is 54.6 Å². The van der Waals surface area contributed by atoms with Gasteiger partial charge in [-0.15, -0.1) is 0 Å². The van der Waals surface area contributed by atoms with Crippen LogP contribution >= 0.6 is 0 Å². The Balaban J connectivity index is 2.03. The monoisotopic (exact) mass is 272 g/mol. The van der Waals surface area contributed by atoms with E-state index in [0.29, 0.717) is 12.1 Å². The topological polar surface area (TPSA) is 43.9 Å². The summed E-state index contributed by atoms with van der Waals surface area (Å²) < 4.78 is 0. The van der Waals surface area contributed by atoms with Gasteiger partial charge in [-0.3, -0.25) is 4.79 Å². The van der Waals surface area contributed by atoms with Crippen molar-refractivity contribution >= 4 is 27.5 Å². The van der Waals surface area contributed by atoms with Gasteiger partial charge in [0.1, 0.15) is 6.04 Å².